The van der Waals surface area contributed by atoms with Gasteiger partial charge in [-0.1, -0.05) is 24.3 Å². The molecule has 2 aromatic rings. The maximum absolute atomic E-state index is 13.0. The number of fused-ring (bicyclic) bond motifs is 1. The van der Waals surface area contributed by atoms with E-state index in [4.69, 9.17) is 11.6 Å². The van der Waals surface area contributed by atoms with Crippen LogP contribution in [0, 0.1) is 5.82 Å². The van der Waals surface area contributed by atoms with Crippen LogP contribution in [-0.2, 0) is 11.2 Å². The zero-order valence-electron chi connectivity index (χ0n) is 13.5. The third-order valence-corrected chi connectivity index (χ3v) is 4.62. The summed E-state index contributed by atoms with van der Waals surface area (Å²) in [6, 6.07) is 11.9. The molecule has 0 aromatic heterocycles. The molecule has 0 aliphatic carbocycles. The molecule has 0 saturated carbocycles. The van der Waals surface area contributed by atoms with Gasteiger partial charge in [0.05, 0.1) is 11.9 Å². The van der Waals surface area contributed by atoms with Gasteiger partial charge in [-0.2, -0.15) is 0 Å². The van der Waals surface area contributed by atoms with Crippen molar-refractivity contribution in [2.75, 3.05) is 12.4 Å². The van der Waals surface area contributed by atoms with E-state index in [9.17, 15) is 14.0 Å². The van der Waals surface area contributed by atoms with Crippen LogP contribution in [0.3, 0.4) is 0 Å². The van der Waals surface area contributed by atoms with E-state index >= 15 is 0 Å². The van der Waals surface area contributed by atoms with Gasteiger partial charge in [-0.25, -0.2) is 4.39 Å². The molecule has 2 unspecified atom stereocenters. The van der Waals surface area contributed by atoms with Crippen LogP contribution < -0.4 is 10.6 Å². The summed E-state index contributed by atoms with van der Waals surface area (Å²) < 4.78 is 13.0. The number of Topliss-reactive ketones (excluding diaryl/α,β-unsaturated/α-hetero) is 1. The number of amides is 1. The van der Waals surface area contributed by atoms with Gasteiger partial charge < -0.3 is 10.6 Å². The first-order valence-corrected chi connectivity index (χ1v) is 8.60. The highest BCUT2D eigenvalue weighted by Crippen LogP contribution is 2.26. The molecule has 0 radical (unpaired) electrons. The number of carbonyl (C=O) groups excluding carboxylic acids is 2. The SMILES string of the molecule is O=C(NC(C(=O)CCl)C1NCCc2ccccc21)c1ccc(F)cc1. The molecule has 0 fully saturated rings. The highest BCUT2D eigenvalue weighted by Gasteiger charge is 2.33. The molecule has 2 atom stereocenters. The number of hydrogen-bond donors (Lipinski definition) is 2. The number of ketones is 1. The van der Waals surface area contributed by atoms with Crippen molar-refractivity contribution in [3.8, 4) is 0 Å². The van der Waals surface area contributed by atoms with Crippen molar-refractivity contribution >= 4 is 23.3 Å². The van der Waals surface area contributed by atoms with E-state index < -0.39 is 17.8 Å². The van der Waals surface area contributed by atoms with E-state index in [-0.39, 0.29) is 23.3 Å². The lowest BCUT2D eigenvalue weighted by Crippen LogP contribution is -2.51. The van der Waals surface area contributed by atoms with E-state index in [1.165, 1.54) is 24.3 Å². The number of rotatable bonds is 5. The van der Waals surface area contributed by atoms with E-state index in [1.807, 2.05) is 24.3 Å². The Bertz CT molecular complexity index is 779. The Labute approximate surface area is 150 Å². The molecule has 2 aromatic carbocycles. The molecular formula is C19H18ClFN2O2. The Hall–Kier alpha value is -2.24. The summed E-state index contributed by atoms with van der Waals surface area (Å²) in [6.07, 6.45) is 0.861. The maximum atomic E-state index is 13.0. The molecule has 130 valence electrons. The van der Waals surface area contributed by atoms with Crippen molar-refractivity contribution in [1.82, 2.24) is 10.6 Å². The molecule has 1 aliphatic rings. The van der Waals surface area contributed by atoms with Gasteiger partial charge in [-0.15, -0.1) is 11.6 Å². The number of benzene rings is 2. The quantitative estimate of drug-likeness (QED) is 0.806. The van der Waals surface area contributed by atoms with Crippen molar-refractivity contribution in [3.63, 3.8) is 0 Å². The fourth-order valence-corrected chi connectivity index (χ4v) is 3.26. The third kappa shape index (κ3) is 3.89. The van der Waals surface area contributed by atoms with Crippen molar-refractivity contribution in [3.05, 3.63) is 71.0 Å². The monoisotopic (exact) mass is 360 g/mol. The Kier molecular flexibility index (Phi) is 5.46. The van der Waals surface area contributed by atoms with E-state index in [1.54, 1.807) is 0 Å². The lowest BCUT2D eigenvalue weighted by atomic mass is 9.88. The molecule has 1 aliphatic heterocycles. The summed E-state index contributed by atoms with van der Waals surface area (Å²) in [4.78, 5) is 24.9. The van der Waals surface area contributed by atoms with Gasteiger partial charge in [0.1, 0.15) is 11.9 Å². The van der Waals surface area contributed by atoms with Gasteiger partial charge >= 0.3 is 0 Å². The normalized spacial score (nSPS) is 17.4. The Morgan fingerprint density at radius 2 is 1.92 bits per heavy atom. The van der Waals surface area contributed by atoms with Crippen LogP contribution in [0.4, 0.5) is 4.39 Å². The molecule has 2 N–H and O–H groups in total. The predicted octanol–water partition coefficient (Wildman–Crippen LogP) is 2.62. The highest BCUT2D eigenvalue weighted by atomic mass is 35.5. The Morgan fingerprint density at radius 1 is 1.20 bits per heavy atom. The van der Waals surface area contributed by atoms with Gasteiger partial charge in [0.2, 0.25) is 0 Å². The number of hydrogen-bond acceptors (Lipinski definition) is 3. The molecular weight excluding hydrogens is 343 g/mol. The summed E-state index contributed by atoms with van der Waals surface area (Å²) in [5, 5.41) is 6.06. The fourth-order valence-electron chi connectivity index (χ4n) is 3.09. The van der Waals surface area contributed by atoms with Gasteiger partial charge in [0.15, 0.2) is 5.78 Å². The van der Waals surface area contributed by atoms with Crippen LogP contribution in [0.2, 0.25) is 0 Å². The summed E-state index contributed by atoms with van der Waals surface area (Å²) in [5.41, 5.74) is 2.42. The highest BCUT2D eigenvalue weighted by molar-refractivity contribution is 6.28. The van der Waals surface area contributed by atoms with E-state index in [2.05, 4.69) is 10.6 Å². The van der Waals surface area contributed by atoms with Crippen LogP contribution in [0.5, 0.6) is 0 Å². The van der Waals surface area contributed by atoms with Crippen LogP contribution in [0.1, 0.15) is 27.5 Å². The third-order valence-electron chi connectivity index (χ3n) is 4.35. The van der Waals surface area contributed by atoms with E-state index in [0.29, 0.717) is 6.54 Å². The van der Waals surface area contributed by atoms with Crippen molar-refractivity contribution in [2.45, 2.75) is 18.5 Å². The molecule has 1 heterocycles. The topological polar surface area (TPSA) is 58.2 Å². The Morgan fingerprint density at radius 3 is 2.64 bits per heavy atom. The zero-order chi connectivity index (χ0) is 17.8. The average molecular weight is 361 g/mol. The first kappa shape index (κ1) is 17.6. The smallest absolute Gasteiger partial charge is 0.251 e. The predicted molar refractivity (Wildman–Crippen MR) is 94.3 cm³/mol. The number of carbonyl (C=O) groups is 2. The van der Waals surface area contributed by atoms with Crippen molar-refractivity contribution < 1.29 is 14.0 Å². The minimum absolute atomic E-state index is 0.200. The zero-order valence-corrected chi connectivity index (χ0v) is 14.2. The number of halogens is 2. The number of alkyl halides is 1. The van der Waals surface area contributed by atoms with Crippen LogP contribution in [0.25, 0.3) is 0 Å². The maximum Gasteiger partial charge on any atom is 0.251 e. The minimum Gasteiger partial charge on any atom is -0.340 e. The molecule has 0 spiro atoms. The largest absolute Gasteiger partial charge is 0.340 e. The molecule has 3 rings (SSSR count). The standard InChI is InChI=1S/C19H18ClFN2O2/c20-11-16(24)18(23-19(25)13-5-7-14(21)8-6-13)17-15-4-2-1-3-12(15)9-10-22-17/h1-8,17-18,22H,9-11H2,(H,23,25). The van der Waals surface area contributed by atoms with Gasteiger partial charge in [0, 0.05) is 5.56 Å². The lowest BCUT2D eigenvalue weighted by Gasteiger charge is -2.33. The van der Waals surface area contributed by atoms with Crippen LogP contribution in [0.15, 0.2) is 48.5 Å². The lowest BCUT2D eigenvalue weighted by molar-refractivity contribution is -0.119. The van der Waals surface area contributed by atoms with Crippen molar-refractivity contribution in [1.29, 1.82) is 0 Å². The summed E-state index contributed by atoms with van der Waals surface area (Å²) in [6.45, 7) is 0.708. The molecule has 4 nitrogen and oxygen atoms in total. The van der Waals surface area contributed by atoms with Crippen LogP contribution >= 0.6 is 11.6 Å². The molecule has 1 amide bonds. The van der Waals surface area contributed by atoms with Crippen molar-refractivity contribution in [2.24, 2.45) is 0 Å². The van der Waals surface area contributed by atoms with Gasteiger partial charge in [-0.05, 0) is 48.4 Å². The average Bonchev–Trinajstić information content (AvgIpc) is 2.65. The summed E-state index contributed by atoms with van der Waals surface area (Å²) in [5.74, 6) is -1.33. The second-order valence-electron chi connectivity index (χ2n) is 5.94. The van der Waals surface area contributed by atoms with Gasteiger partial charge in [0.25, 0.3) is 5.91 Å². The summed E-state index contributed by atoms with van der Waals surface area (Å²) in [7, 11) is 0. The molecule has 6 heteroatoms. The second-order valence-corrected chi connectivity index (χ2v) is 6.21. The van der Waals surface area contributed by atoms with E-state index in [0.717, 1.165) is 17.5 Å². The first-order chi connectivity index (χ1) is 12.1. The molecule has 0 saturated heterocycles. The first-order valence-electron chi connectivity index (χ1n) is 8.06. The van der Waals surface area contributed by atoms with Gasteiger partial charge in [-0.3, -0.25) is 9.59 Å². The fraction of sp³-hybridized carbons (Fsp3) is 0.263. The second kappa shape index (κ2) is 7.76. The minimum atomic E-state index is -0.795. The van der Waals surface area contributed by atoms with Crippen LogP contribution in [-0.4, -0.2) is 30.2 Å². The molecule has 25 heavy (non-hydrogen) atoms. The summed E-state index contributed by atoms with van der Waals surface area (Å²) >= 11 is 5.77. The number of nitrogens with one attached hydrogen (secondary N) is 2. The Balaban J connectivity index is 1.87. The molecule has 0 bridgehead atoms.